The first-order valence-corrected chi connectivity index (χ1v) is 11.1. The summed E-state index contributed by atoms with van der Waals surface area (Å²) < 4.78 is 5.81. The lowest BCUT2D eigenvalue weighted by atomic mass is 9.96. The van der Waals surface area contributed by atoms with Crippen LogP contribution in [0.5, 0.6) is 0 Å². The fourth-order valence-electron chi connectivity index (χ4n) is 4.96. The van der Waals surface area contributed by atoms with Crippen LogP contribution < -0.4 is 15.1 Å². The van der Waals surface area contributed by atoms with Crippen LogP contribution in [0.1, 0.15) is 30.4 Å². The summed E-state index contributed by atoms with van der Waals surface area (Å²) >= 11 is 0. The summed E-state index contributed by atoms with van der Waals surface area (Å²) in [5.74, 6) is 0.0994. The number of carbonyl (C=O) groups excluding carboxylic acids is 1. The zero-order chi connectivity index (χ0) is 20.5. The Morgan fingerprint density at radius 3 is 2.70 bits per heavy atom. The summed E-state index contributed by atoms with van der Waals surface area (Å²) in [6.07, 6.45) is 7.94. The molecule has 6 heteroatoms. The molecule has 158 valence electrons. The molecule has 1 amide bonds. The van der Waals surface area contributed by atoms with Crippen LogP contribution in [-0.2, 0) is 16.0 Å². The SMILES string of the molecule is Cc1cncc(N2CC[C@@H](NC(=O)Cc3ccc(N4C[C@@H]5CC[C@H]4CO5)cc3)C2)c1. The largest absolute Gasteiger partial charge is 0.374 e. The lowest BCUT2D eigenvalue weighted by molar-refractivity contribution is -0.121. The lowest BCUT2D eigenvalue weighted by Gasteiger charge is -2.46. The van der Waals surface area contributed by atoms with Crippen LogP contribution in [0.25, 0.3) is 0 Å². The van der Waals surface area contributed by atoms with E-state index in [1.54, 1.807) is 0 Å². The summed E-state index contributed by atoms with van der Waals surface area (Å²) in [5, 5.41) is 3.21. The van der Waals surface area contributed by atoms with Crippen LogP contribution in [0.2, 0.25) is 0 Å². The van der Waals surface area contributed by atoms with Crippen molar-refractivity contribution in [2.45, 2.75) is 50.8 Å². The van der Waals surface area contributed by atoms with E-state index in [1.807, 2.05) is 12.4 Å². The van der Waals surface area contributed by atoms with Crippen molar-refractivity contribution < 1.29 is 9.53 Å². The lowest BCUT2D eigenvalue weighted by Crippen LogP contribution is -2.54. The van der Waals surface area contributed by atoms with E-state index in [4.69, 9.17) is 4.74 Å². The molecule has 2 aromatic rings. The zero-order valence-electron chi connectivity index (χ0n) is 17.6. The van der Waals surface area contributed by atoms with Crippen molar-refractivity contribution in [2.75, 3.05) is 36.0 Å². The maximum atomic E-state index is 12.6. The fourth-order valence-corrected chi connectivity index (χ4v) is 4.96. The Morgan fingerprint density at radius 2 is 2.00 bits per heavy atom. The van der Waals surface area contributed by atoms with E-state index >= 15 is 0 Å². The van der Waals surface area contributed by atoms with Gasteiger partial charge in [-0.25, -0.2) is 0 Å². The topological polar surface area (TPSA) is 57.7 Å². The molecule has 1 N–H and O–H groups in total. The molecule has 5 heterocycles. The number of nitrogens with one attached hydrogen (secondary N) is 1. The van der Waals surface area contributed by atoms with Gasteiger partial charge in [-0.05, 0) is 55.5 Å². The molecule has 0 spiro atoms. The number of hydrogen-bond donors (Lipinski definition) is 1. The number of carbonyl (C=O) groups is 1. The highest BCUT2D eigenvalue weighted by Gasteiger charge is 2.34. The predicted octanol–water partition coefficient (Wildman–Crippen LogP) is 2.70. The maximum absolute atomic E-state index is 12.6. The first-order chi connectivity index (χ1) is 14.6. The molecule has 4 fully saturated rings. The molecule has 1 aromatic heterocycles. The van der Waals surface area contributed by atoms with Gasteiger partial charge in [-0.1, -0.05) is 12.1 Å². The molecule has 0 radical (unpaired) electrons. The number of amides is 1. The standard InChI is InChI=1S/C24H30N4O2/c1-17-10-22(13-25-12-17)27-9-8-19(14-27)26-24(29)11-18-2-4-20(5-3-18)28-15-23-7-6-21(28)16-30-23/h2-5,10,12-13,19,21,23H,6-9,11,14-16H2,1H3,(H,26,29)/t19-,21+,23+/m1/s1. The van der Waals surface area contributed by atoms with Crippen LogP contribution in [0.3, 0.4) is 0 Å². The highest BCUT2D eigenvalue weighted by Crippen LogP contribution is 2.31. The van der Waals surface area contributed by atoms with Crippen LogP contribution >= 0.6 is 0 Å². The summed E-state index contributed by atoms with van der Waals surface area (Å²) in [6.45, 7) is 5.67. The molecule has 3 atom stereocenters. The molecule has 0 aliphatic carbocycles. The summed E-state index contributed by atoms with van der Waals surface area (Å²) in [7, 11) is 0. The molecule has 6 rings (SSSR count). The summed E-state index contributed by atoms with van der Waals surface area (Å²) in [5.41, 5.74) is 4.61. The number of benzene rings is 1. The number of piperidine rings is 1. The van der Waals surface area contributed by atoms with Gasteiger partial charge in [0.1, 0.15) is 0 Å². The normalized spacial score (nSPS) is 25.6. The minimum Gasteiger partial charge on any atom is -0.374 e. The number of pyridine rings is 1. The Bertz CT molecular complexity index is 892. The van der Waals surface area contributed by atoms with E-state index in [9.17, 15) is 4.79 Å². The quantitative estimate of drug-likeness (QED) is 0.827. The second-order valence-corrected chi connectivity index (χ2v) is 8.90. The number of morpholine rings is 1. The number of anilines is 2. The van der Waals surface area contributed by atoms with Gasteiger partial charge in [0.15, 0.2) is 0 Å². The first kappa shape index (κ1) is 19.4. The van der Waals surface area contributed by atoms with Crippen LogP contribution in [-0.4, -0.2) is 55.3 Å². The molecular weight excluding hydrogens is 376 g/mol. The maximum Gasteiger partial charge on any atom is 0.224 e. The van der Waals surface area contributed by atoms with Crippen molar-refractivity contribution in [3.05, 3.63) is 53.9 Å². The van der Waals surface area contributed by atoms with Crippen LogP contribution in [0, 0.1) is 6.92 Å². The van der Waals surface area contributed by atoms with Gasteiger partial charge in [-0.2, -0.15) is 0 Å². The van der Waals surface area contributed by atoms with Gasteiger partial charge in [-0.15, -0.1) is 0 Å². The molecule has 0 saturated carbocycles. The van der Waals surface area contributed by atoms with E-state index in [1.165, 1.54) is 18.5 Å². The van der Waals surface area contributed by atoms with Crippen molar-refractivity contribution in [3.63, 3.8) is 0 Å². The van der Waals surface area contributed by atoms with E-state index in [-0.39, 0.29) is 11.9 Å². The van der Waals surface area contributed by atoms with Crippen LogP contribution in [0.15, 0.2) is 42.7 Å². The number of ether oxygens (including phenoxy) is 1. The average Bonchev–Trinajstić information content (AvgIpc) is 3.23. The third-order valence-electron chi connectivity index (χ3n) is 6.60. The first-order valence-electron chi connectivity index (χ1n) is 11.1. The number of fused-ring (bicyclic) bond motifs is 3. The number of nitrogens with zero attached hydrogens (tertiary/aromatic N) is 3. The number of rotatable bonds is 5. The van der Waals surface area contributed by atoms with Crippen molar-refractivity contribution in [3.8, 4) is 0 Å². The monoisotopic (exact) mass is 406 g/mol. The Morgan fingerprint density at radius 1 is 1.13 bits per heavy atom. The Kier molecular flexibility index (Phi) is 5.34. The predicted molar refractivity (Wildman–Crippen MR) is 118 cm³/mol. The highest BCUT2D eigenvalue weighted by molar-refractivity contribution is 5.79. The third kappa shape index (κ3) is 4.15. The molecule has 4 aliphatic rings. The smallest absolute Gasteiger partial charge is 0.224 e. The fraction of sp³-hybridized carbons (Fsp3) is 0.500. The van der Waals surface area contributed by atoms with Gasteiger partial charge in [0, 0.05) is 37.6 Å². The van der Waals surface area contributed by atoms with Gasteiger partial charge in [-0.3, -0.25) is 9.78 Å². The van der Waals surface area contributed by atoms with Gasteiger partial charge < -0.3 is 19.9 Å². The van der Waals surface area contributed by atoms with Crippen molar-refractivity contribution >= 4 is 17.3 Å². The molecule has 4 saturated heterocycles. The van der Waals surface area contributed by atoms with Crippen molar-refractivity contribution in [1.82, 2.24) is 10.3 Å². The van der Waals surface area contributed by atoms with Gasteiger partial charge in [0.25, 0.3) is 0 Å². The number of hydrogen-bond acceptors (Lipinski definition) is 5. The van der Waals surface area contributed by atoms with E-state index in [0.717, 1.165) is 49.5 Å². The zero-order valence-corrected chi connectivity index (χ0v) is 17.6. The number of aryl methyl sites for hydroxylation is 1. The second kappa shape index (κ2) is 8.26. The van der Waals surface area contributed by atoms with E-state index in [0.29, 0.717) is 18.6 Å². The number of aromatic nitrogens is 1. The minimum absolute atomic E-state index is 0.0994. The van der Waals surface area contributed by atoms with E-state index < -0.39 is 0 Å². The Labute approximate surface area is 178 Å². The Balaban J connectivity index is 1.14. The molecule has 6 nitrogen and oxygen atoms in total. The summed E-state index contributed by atoms with van der Waals surface area (Å²) in [6, 6.07) is 11.4. The molecule has 0 unspecified atom stereocenters. The molecule has 2 bridgehead atoms. The molecular formula is C24H30N4O2. The minimum atomic E-state index is 0.0994. The van der Waals surface area contributed by atoms with Crippen molar-refractivity contribution in [1.29, 1.82) is 0 Å². The average molecular weight is 407 g/mol. The van der Waals surface area contributed by atoms with Gasteiger partial charge in [0.2, 0.25) is 5.91 Å². The van der Waals surface area contributed by atoms with Gasteiger partial charge >= 0.3 is 0 Å². The molecule has 4 aliphatic heterocycles. The van der Waals surface area contributed by atoms with Crippen LogP contribution in [0.4, 0.5) is 11.4 Å². The van der Waals surface area contributed by atoms with Crippen molar-refractivity contribution in [2.24, 2.45) is 0 Å². The third-order valence-corrected chi connectivity index (χ3v) is 6.60. The summed E-state index contributed by atoms with van der Waals surface area (Å²) in [4.78, 5) is 21.6. The molecule has 1 aromatic carbocycles. The Hall–Kier alpha value is -2.60. The molecule has 30 heavy (non-hydrogen) atoms. The highest BCUT2D eigenvalue weighted by atomic mass is 16.5. The van der Waals surface area contributed by atoms with E-state index in [2.05, 4.69) is 57.4 Å². The van der Waals surface area contributed by atoms with Gasteiger partial charge in [0.05, 0.1) is 37.1 Å². The second-order valence-electron chi connectivity index (χ2n) is 8.90.